The average molecular weight is 1250 g/mol. The fraction of sp³-hybridized carbons (Fsp3) is 0.356. The Morgan fingerprint density at radius 1 is 0.381 bits per heavy atom. The molecular formula is C87H64N8O2. The lowest BCUT2D eigenvalue weighted by Crippen LogP contribution is -2.69. The fourth-order valence-electron chi connectivity index (χ4n) is 29.1. The third-order valence-electron chi connectivity index (χ3n) is 31.5. The molecule has 464 valence electrons. The number of hydrogen-bond acceptors (Lipinski definition) is 10. The van der Waals surface area contributed by atoms with Gasteiger partial charge in [0.25, 0.3) is 0 Å². The third kappa shape index (κ3) is 5.52. The smallest absolute Gasteiger partial charge is 0.190 e. The highest BCUT2D eigenvalue weighted by atomic mass is 16.1. The zero-order valence-electron chi connectivity index (χ0n) is 53.6. The van der Waals surface area contributed by atoms with Crippen molar-refractivity contribution in [1.82, 2.24) is 19.8 Å². The predicted octanol–water partition coefficient (Wildman–Crippen LogP) is 15.1. The zero-order valence-corrected chi connectivity index (χ0v) is 53.6. The summed E-state index contributed by atoms with van der Waals surface area (Å²) >= 11 is 0. The van der Waals surface area contributed by atoms with Gasteiger partial charge in [0.2, 0.25) is 0 Å². The molecule has 23 aliphatic rings. The fourth-order valence-corrected chi connectivity index (χ4v) is 29.1. The molecule has 0 radical (unpaired) electrons. The van der Waals surface area contributed by atoms with Crippen LogP contribution in [-0.2, 0) is 0 Å². The van der Waals surface area contributed by atoms with Gasteiger partial charge < -0.3 is 9.80 Å². The molecule has 1 aromatic heterocycles. The number of nitrogens with zero attached hydrogens (tertiary/aromatic N) is 8. The number of benzene rings is 4. The van der Waals surface area contributed by atoms with Crippen molar-refractivity contribution >= 4 is 61.9 Å². The molecule has 97 heavy (non-hydrogen) atoms. The second kappa shape index (κ2) is 16.0. The number of ketones is 2. The van der Waals surface area contributed by atoms with Crippen LogP contribution in [0.4, 0.5) is 0 Å². The van der Waals surface area contributed by atoms with E-state index < -0.39 is 0 Å². The van der Waals surface area contributed by atoms with Crippen molar-refractivity contribution in [1.29, 1.82) is 0 Å². The monoisotopic (exact) mass is 1250 g/mol. The first-order valence-corrected chi connectivity index (χ1v) is 36.9. The molecule has 0 saturated heterocycles. The van der Waals surface area contributed by atoms with E-state index in [0.29, 0.717) is 71.0 Å². The number of allylic oxidation sites excluding steroid dienone is 18. The lowest BCUT2D eigenvalue weighted by Gasteiger charge is -2.72. The summed E-state index contributed by atoms with van der Waals surface area (Å²) in [5, 5.41) is 2.80. The quantitative estimate of drug-likeness (QED) is 0.113. The largest absolute Gasteiger partial charge is 0.357 e. The number of fused-ring (bicyclic) bond motifs is 63. The Labute approximate surface area is 560 Å². The van der Waals surface area contributed by atoms with Crippen LogP contribution in [0.2, 0.25) is 0 Å². The second-order valence-electron chi connectivity index (χ2n) is 34.2. The first-order chi connectivity index (χ1) is 47.6. The van der Waals surface area contributed by atoms with E-state index in [0.717, 1.165) is 151 Å². The lowest BCUT2D eigenvalue weighted by atomic mass is 9.31. The summed E-state index contributed by atoms with van der Waals surface area (Å²) in [6.07, 6.45) is 40.5. The number of aliphatic imine (C=N–C) groups is 4. The molecule has 5 aromatic rings. The molecule has 7 aliphatic heterocycles. The van der Waals surface area contributed by atoms with Gasteiger partial charge in [0, 0.05) is 73.0 Å². The first kappa shape index (κ1) is 50.1. The van der Waals surface area contributed by atoms with E-state index in [9.17, 15) is 0 Å². The standard InChI is InChI=1S/C87H64N8O2/c1-94-11-9-40-41-10-12-95(2)31-63(41)69-59-26-58(68(69)62(40)30-94)74-75(59)83-77-61-27-60(76(77)82(74)83)78-79(61)87(97)57-23-49-47-21-46(48(49)22-56(57)86(78)96)42-13-32-15-44-45(16-33(32)14-43(42)47)53-24-52(44)70-71(53)81-73-55-25-54(72(73)80(70)81)50-28-64-65(29-51(50)55)93-85-67-20-39-8-6-37(90-39)18-35-4-3-34(88-35)17-36-5-7-38(89-36)19-66(91-67)84(85)92-64/h3-20,22-23,28-31,46-47,52-55,58-61,68-77,80-83H,21,24-27H2,1-2H3/t46-,47+,52?,53?,54?,55?,58?,59?,60?,61?,68?,69?,70?,71?,72?,73?,74?,75?,76?,77?,80+,81-,82+,83-. The molecule has 9 fully saturated rings. The highest BCUT2D eigenvalue weighted by molar-refractivity contribution is 6.28. The molecule has 10 nitrogen and oxygen atoms in total. The van der Waals surface area contributed by atoms with Gasteiger partial charge in [-0.15, -0.1) is 0 Å². The summed E-state index contributed by atoms with van der Waals surface area (Å²) in [6.45, 7) is 0. The van der Waals surface area contributed by atoms with Crippen molar-refractivity contribution in [2.75, 3.05) is 14.1 Å². The molecule has 0 spiro atoms. The van der Waals surface area contributed by atoms with Crippen LogP contribution in [0.25, 0.3) is 27.5 Å². The van der Waals surface area contributed by atoms with Gasteiger partial charge in [0.05, 0.1) is 56.7 Å². The molecule has 0 amide bonds. The lowest BCUT2D eigenvalue weighted by molar-refractivity contribution is -0.237. The molecule has 8 heterocycles. The average Bonchev–Trinajstić information content (AvgIpc) is 1.50. The minimum absolute atomic E-state index is 0.208. The second-order valence-corrected chi connectivity index (χ2v) is 34.2. The first-order valence-electron chi connectivity index (χ1n) is 36.9. The Morgan fingerprint density at radius 2 is 0.804 bits per heavy atom. The molecule has 16 aliphatic carbocycles. The van der Waals surface area contributed by atoms with Crippen LogP contribution in [0.3, 0.4) is 0 Å². The Kier molecular flexibility index (Phi) is 8.26. The van der Waals surface area contributed by atoms with Crippen LogP contribution >= 0.6 is 0 Å². The number of Topliss-reactive ketones (excluding diaryl/α,β-unsaturated/α-hetero) is 2. The summed E-state index contributed by atoms with van der Waals surface area (Å²) < 4.78 is 0. The highest BCUT2D eigenvalue weighted by Gasteiger charge is 2.82. The van der Waals surface area contributed by atoms with E-state index in [2.05, 4.69) is 122 Å². The van der Waals surface area contributed by atoms with Crippen LogP contribution < -0.4 is 0 Å². The van der Waals surface area contributed by atoms with Crippen LogP contribution in [0.1, 0.15) is 144 Å². The van der Waals surface area contributed by atoms with Gasteiger partial charge in [-0.1, -0.05) is 24.3 Å². The maximum Gasteiger partial charge on any atom is 0.190 e. The van der Waals surface area contributed by atoms with Crippen molar-refractivity contribution in [3.8, 4) is 0 Å². The molecular weight excluding hydrogens is 1190 g/mol. The molecule has 18 unspecified atom stereocenters. The van der Waals surface area contributed by atoms with Gasteiger partial charge in [-0.2, -0.15) is 0 Å². The normalized spacial score (nSPS) is 41.8. The van der Waals surface area contributed by atoms with Crippen LogP contribution in [0, 0.1) is 107 Å². The van der Waals surface area contributed by atoms with E-state index in [-0.39, 0.29) is 35.2 Å². The molecule has 4 aromatic carbocycles. The van der Waals surface area contributed by atoms with Crippen LogP contribution in [0.5, 0.6) is 0 Å². The van der Waals surface area contributed by atoms with E-state index in [1.54, 1.807) is 33.4 Å². The van der Waals surface area contributed by atoms with E-state index in [1.807, 2.05) is 48.6 Å². The van der Waals surface area contributed by atoms with Gasteiger partial charge in [0.1, 0.15) is 11.4 Å². The predicted molar refractivity (Wildman–Crippen MR) is 372 cm³/mol. The summed E-state index contributed by atoms with van der Waals surface area (Å²) in [5.41, 5.74) is 31.6. The zero-order chi connectivity index (χ0) is 62.2. The Bertz CT molecular complexity index is 5670. The van der Waals surface area contributed by atoms with Gasteiger partial charge >= 0.3 is 0 Å². The summed E-state index contributed by atoms with van der Waals surface area (Å²) in [6, 6.07) is 19.9. The number of rotatable bonds is 0. The van der Waals surface area contributed by atoms with E-state index >= 15 is 9.59 Å². The van der Waals surface area contributed by atoms with Crippen molar-refractivity contribution in [3.63, 3.8) is 0 Å². The Morgan fingerprint density at radius 3 is 1.32 bits per heavy atom. The van der Waals surface area contributed by atoms with Crippen LogP contribution in [0.15, 0.2) is 217 Å². The Balaban J connectivity index is 0.468. The summed E-state index contributed by atoms with van der Waals surface area (Å²) in [5.74, 6) is 15.3. The maximum absolute atomic E-state index is 15.4. The minimum Gasteiger partial charge on any atom is -0.357 e. The SMILES string of the molecule is CN1C=CC2=C3C=CN(C)C=C3C3C4CC(C3C2=C1)C1C4[C@@H]2C3C4CC(C5=C4C(=O)c4cc6c(cc4C5=O)[C@@H]4C[C@H]6c5cc6cc7c(cc6cc54)C4CC7C5C4[C@H]4C6C7CC(c8cc9nc%10c(nc9cc87)C7=CC8=NC(=CC9=NC(=CC%11=NC(=CC%10=N7)C=C%11)C=C9)C=C8)C6[C@@H]54)C3[C@H]12. The maximum atomic E-state index is 15.4. The highest BCUT2D eigenvalue weighted by Crippen LogP contribution is 2.87. The van der Waals surface area contributed by atoms with Crippen molar-refractivity contribution < 1.29 is 9.59 Å². The minimum atomic E-state index is 0.208. The third-order valence-corrected chi connectivity index (χ3v) is 31.5. The van der Waals surface area contributed by atoms with Crippen LogP contribution in [-0.4, -0.2) is 68.3 Å². The van der Waals surface area contributed by atoms with Crippen molar-refractivity contribution in [2.45, 2.75) is 67.6 Å². The van der Waals surface area contributed by atoms with E-state index in [1.165, 1.54) is 63.4 Å². The molecule has 9 saturated carbocycles. The topological polar surface area (TPSA) is 116 Å². The van der Waals surface area contributed by atoms with Gasteiger partial charge in [-0.3, -0.25) is 9.59 Å². The molecule has 28 rings (SSSR count). The van der Waals surface area contributed by atoms with Crippen molar-refractivity contribution in [3.05, 3.63) is 264 Å². The molecule has 24 atom stereocenters. The molecule has 10 heteroatoms. The summed E-state index contributed by atoms with van der Waals surface area (Å²) in [4.78, 5) is 66.3. The van der Waals surface area contributed by atoms with Gasteiger partial charge in [-0.25, -0.2) is 29.9 Å². The van der Waals surface area contributed by atoms with E-state index in [4.69, 9.17) is 29.9 Å². The van der Waals surface area contributed by atoms with Crippen molar-refractivity contribution in [2.24, 2.45) is 126 Å². The summed E-state index contributed by atoms with van der Waals surface area (Å²) in [7, 11) is 4.39. The number of carbonyl (C=O) groups excluding carboxylic acids is 2. The Hall–Kier alpha value is -9.28. The molecule has 0 N–H and O–H groups in total. The van der Waals surface area contributed by atoms with Gasteiger partial charge in [-0.05, 0) is 337 Å². The molecule has 18 bridgehead atoms. The number of aromatic nitrogens is 2. The van der Waals surface area contributed by atoms with Gasteiger partial charge in [0.15, 0.2) is 11.6 Å². The number of hydrogen-bond donors (Lipinski definition) is 0. The number of carbonyl (C=O) groups is 2.